The summed E-state index contributed by atoms with van der Waals surface area (Å²) in [5, 5.41) is 4.21. The van der Waals surface area contributed by atoms with Crippen LogP contribution in [0.15, 0.2) is 116 Å². The number of aromatic nitrogens is 3. The lowest BCUT2D eigenvalue weighted by Gasteiger charge is -2.37. The summed E-state index contributed by atoms with van der Waals surface area (Å²) in [6.07, 6.45) is 4.40. The summed E-state index contributed by atoms with van der Waals surface area (Å²) in [7, 11) is 0. The van der Waals surface area contributed by atoms with E-state index in [4.69, 9.17) is 4.42 Å². The van der Waals surface area contributed by atoms with Gasteiger partial charge in [0.05, 0.1) is 26.8 Å². The second kappa shape index (κ2) is 11.5. The zero-order valence-electron chi connectivity index (χ0n) is 27.4. The van der Waals surface area contributed by atoms with Gasteiger partial charge in [-0.2, -0.15) is 0 Å². The van der Waals surface area contributed by atoms with Gasteiger partial charge in [-0.1, -0.05) is 36.4 Å². The summed E-state index contributed by atoms with van der Waals surface area (Å²) in [5.74, 6) is 0. The van der Waals surface area contributed by atoms with Gasteiger partial charge in [-0.3, -0.25) is 9.59 Å². The minimum Gasteiger partial charge on any atom is -0.422 e. The second-order valence-electron chi connectivity index (χ2n) is 13.4. The number of thiazole rings is 1. The minimum absolute atomic E-state index is 0.0322. The number of nitrogens with one attached hydrogen (secondary N) is 2. The molecule has 0 fully saturated rings. The Balaban J connectivity index is 0.000000129. The quantitative estimate of drug-likeness (QED) is 0.132. The smallest absolute Gasteiger partial charge is 0.346 e. The second-order valence-corrected chi connectivity index (χ2v) is 14.4. The predicted molar refractivity (Wildman–Crippen MR) is 208 cm³/mol. The first kappa shape index (κ1) is 29.8. The van der Waals surface area contributed by atoms with Gasteiger partial charge in [-0.05, 0) is 91.9 Å². The van der Waals surface area contributed by atoms with Crippen LogP contribution in [0.4, 0.5) is 5.69 Å². The number of para-hydroxylation sites is 3. The van der Waals surface area contributed by atoms with Gasteiger partial charge in [0.25, 0.3) is 0 Å². The zero-order chi connectivity index (χ0) is 34.2. The molecule has 9 aromatic rings. The van der Waals surface area contributed by atoms with E-state index in [2.05, 4.69) is 25.9 Å². The van der Waals surface area contributed by atoms with Crippen molar-refractivity contribution in [2.45, 2.75) is 25.7 Å². The van der Waals surface area contributed by atoms with Gasteiger partial charge in [0.1, 0.15) is 10.6 Å². The molecule has 4 aromatic heterocycles. The number of fused-ring (bicyclic) bond motifs is 7. The number of hydrogen-bond acceptors (Lipinski definition) is 7. The maximum Gasteiger partial charge on any atom is 0.346 e. The zero-order valence-corrected chi connectivity index (χ0v) is 28.2. The predicted octanol–water partition coefficient (Wildman–Crippen LogP) is 8.44. The van der Waals surface area contributed by atoms with Crippen LogP contribution in [0, 0.1) is 0 Å². The van der Waals surface area contributed by atoms with E-state index in [1.807, 2.05) is 66.7 Å². The van der Waals surface area contributed by atoms with E-state index in [1.54, 1.807) is 35.6 Å². The van der Waals surface area contributed by atoms with Crippen molar-refractivity contribution in [1.29, 1.82) is 0 Å². The topological polar surface area (TPSA) is 112 Å². The Labute approximate surface area is 293 Å². The summed E-state index contributed by atoms with van der Waals surface area (Å²) in [6.45, 7) is 2.22. The number of anilines is 1. The number of hydrogen-bond donors (Lipinski definition) is 2. The molecular formula is C42H30N4O4S. The molecule has 0 bridgehead atoms. The Bertz CT molecular complexity index is 2940. The van der Waals surface area contributed by atoms with Crippen molar-refractivity contribution in [2.75, 3.05) is 18.0 Å². The molecule has 8 nitrogen and oxygen atoms in total. The SMILES string of the molecule is O=c1c2ccccc2[nH]c2cc3c(=O)c4ccccc4[nH]c3cc12.O=c1oc2c3c4c(cc2cc1-c1nc2ccccc2s1)CCCN4CCC3. The molecule has 0 unspecified atom stereocenters. The van der Waals surface area contributed by atoms with E-state index in [0.717, 1.165) is 69.6 Å². The van der Waals surface area contributed by atoms with Crippen LogP contribution >= 0.6 is 11.3 Å². The average molecular weight is 687 g/mol. The molecule has 0 saturated carbocycles. The Hall–Kier alpha value is -6.06. The van der Waals surface area contributed by atoms with Gasteiger partial charge in [-0.15, -0.1) is 11.3 Å². The molecule has 51 heavy (non-hydrogen) atoms. The van der Waals surface area contributed by atoms with E-state index in [9.17, 15) is 14.4 Å². The van der Waals surface area contributed by atoms with Gasteiger partial charge in [0.2, 0.25) is 0 Å². The highest BCUT2D eigenvalue weighted by Crippen LogP contribution is 2.40. The number of nitrogens with zero attached hydrogens (tertiary/aromatic N) is 2. The van der Waals surface area contributed by atoms with Crippen molar-refractivity contribution in [3.63, 3.8) is 0 Å². The molecule has 0 amide bonds. The Kier molecular flexibility index (Phi) is 6.72. The molecule has 0 spiro atoms. The lowest BCUT2D eigenvalue weighted by molar-refractivity contribution is 0.551. The Morgan fingerprint density at radius 2 is 1.29 bits per heavy atom. The largest absolute Gasteiger partial charge is 0.422 e. The minimum atomic E-state index is -0.286. The van der Waals surface area contributed by atoms with Crippen LogP contribution in [0.5, 0.6) is 0 Å². The van der Waals surface area contributed by atoms with Crippen molar-refractivity contribution in [2.24, 2.45) is 0 Å². The summed E-state index contributed by atoms with van der Waals surface area (Å²) in [4.78, 5) is 52.0. The number of aryl methyl sites for hydroxylation is 2. The van der Waals surface area contributed by atoms with E-state index in [1.165, 1.54) is 23.2 Å². The highest BCUT2D eigenvalue weighted by molar-refractivity contribution is 7.21. The van der Waals surface area contributed by atoms with Crippen LogP contribution in [0.2, 0.25) is 0 Å². The van der Waals surface area contributed by atoms with Crippen LogP contribution < -0.4 is 21.4 Å². The summed E-state index contributed by atoms with van der Waals surface area (Å²) in [6, 6.07) is 30.5. The van der Waals surface area contributed by atoms with Crippen molar-refractivity contribution in [1.82, 2.24) is 15.0 Å². The first-order valence-electron chi connectivity index (χ1n) is 17.2. The molecule has 0 saturated heterocycles. The summed E-state index contributed by atoms with van der Waals surface area (Å²) >= 11 is 1.54. The number of pyridine rings is 2. The third kappa shape index (κ3) is 4.80. The molecule has 2 aliphatic rings. The van der Waals surface area contributed by atoms with Gasteiger partial charge < -0.3 is 19.3 Å². The highest BCUT2D eigenvalue weighted by Gasteiger charge is 2.27. The standard InChI is InChI=1S/C22H18N2O2S.C20H12N2O2/c25-22-16(21-23-17-7-1-2-8-18(17)27-21)12-14-11-13-5-3-9-24-10-4-6-15(19(13)24)20(14)26-22;23-19-11-5-1-3-7-15(11)21-17-10-14-18(9-13(17)19)22-16-8-4-2-6-12(16)20(14)24/h1-2,7-8,11-12H,3-6,9-10H2;1-10H,(H,21,23)(H,22,24). The first-order chi connectivity index (χ1) is 25.0. The molecule has 5 aromatic carbocycles. The molecule has 2 aliphatic heterocycles. The van der Waals surface area contributed by atoms with Crippen LogP contribution in [0.25, 0.3) is 75.4 Å². The third-order valence-corrected chi connectivity index (χ3v) is 11.3. The summed E-state index contributed by atoms with van der Waals surface area (Å²) < 4.78 is 6.98. The Morgan fingerprint density at radius 1 is 0.667 bits per heavy atom. The fourth-order valence-electron chi connectivity index (χ4n) is 7.93. The molecule has 9 heteroatoms. The molecule has 248 valence electrons. The maximum atomic E-state index is 12.8. The first-order valence-corrected chi connectivity index (χ1v) is 18.0. The molecule has 11 rings (SSSR count). The van der Waals surface area contributed by atoms with E-state index < -0.39 is 0 Å². The van der Waals surface area contributed by atoms with Crippen molar-refractivity contribution in [3.05, 3.63) is 139 Å². The van der Waals surface area contributed by atoms with E-state index in [0.29, 0.717) is 38.1 Å². The number of aromatic amines is 2. The van der Waals surface area contributed by atoms with E-state index in [-0.39, 0.29) is 16.5 Å². The molecular weight excluding hydrogens is 657 g/mol. The molecule has 6 heterocycles. The monoisotopic (exact) mass is 686 g/mol. The fourth-order valence-corrected chi connectivity index (χ4v) is 8.89. The summed E-state index contributed by atoms with van der Waals surface area (Å²) in [5.41, 5.74) is 8.75. The highest BCUT2D eigenvalue weighted by atomic mass is 32.1. The number of benzene rings is 5. The van der Waals surface area contributed by atoms with Crippen molar-refractivity contribution >= 4 is 81.8 Å². The van der Waals surface area contributed by atoms with Gasteiger partial charge >= 0.3 is 5.63 Å². The third-order valence-electron chi connectivity index (χ3n) is 10.3. The van der Waals surface area contributed by atoms with Crippen LogP contribution in [-0.4, -0.2) is 28.0 Å². The van der Waals surface area contributed by atoms with Gasteiger partial charge in [-0.25, -0.2) is 9.78 Å². The maximum absolute atomic E-state index is 12.8. The van der Waals surface area contributed by atoms with Crippen molar-refractivity contribution < 1.29 is 4.42 Å². The Morgan fingerprint density at radius 3 is 1.98 bits per heavy atom. The molecule has 2 N–H and O–H groups in total. The van der Waals surface area contributed by atoms with E-state index >= 15 is 0 Å². The lowest BCUT2D eigenvalue weighted by atomic mass is 9.90. The molecule has 0 atom stereocenters. The van der Waals surface area contributed by atoms with Gasteiger partial charge in [0.15, 0.2) is 10.9 Å². The van der Waals surface area contributed by atoms with Crippen LogP contribution in [0.1, 0.15) is 24.0 Å². The average Bonchev–Trinajstić information content (AvgIpc) is 3.60. The van der Waals surface area contributed by atoms with Crippen LogP contribution in [-0.2, 0) is 12.8 Å². The lowest BCUT2D eigenvalue weighted by Crippen LogP contribution is -2.34. The van der Waals surface area contributed by atoms with Crippen LogP contribution in [0.3, 0.4) is 0 Å². The van der Waals surface area contributed by atoms with Gasteiger partial charge in [0, 0.05) is 62.3 Å². The molecule has 0 aliphatic carbocycles. The molecule has 0 radical (unpaired) electrons. The number of rotatable bonds is 1. The normalized spacial score (nSPS) is 14.0. The number of H-pyrrole nitrogens is 2. The van der Waals surface area contributed by atoms with Crippen molar-refractivity contribution in [3.8, 4) is 10.6 Å². The fraction of sp³-hybridized carbons (Fsp3) is 0.143.